The van der Waals surface area contributed by atoms with Crippen LogP contribution in [-0.2, 0) is 10.3 Å². The first kappa shape index (κ1) is 17.5. The van der Waals surface area contributed by atoms with Crippen LogP contribution in [0.5, 0.6) is 5.75 Å². The van der Waals surface area contributed by atoms with Gasteiger partial charge in [-0.25, -0.2) is 4.98 Å². The Hall–Kier alpha value is -1.92. The molecule has 3 heterocycles. The van der Waals surface area contributed by atoms with Crippen molar-refractivity contribution in [1.29, 1.82) is 0 Å². The van der Waals surface area contributed by atoms with Crippen molar-refractivity contribution in [3.05, 3.63) is 42.0 Å². The molecular weight excluding hydrogens is 328 g/mol. The summed E-state index contributed by atoms with van der Waals surface area (Å²) in [6.07, 6.45) is 8.44. The van der Waals surface area contributed by atoms with Gasteiger partial charge in [-0.3, -0.25) is 5.10 Å². The van der Waals surface area contributed by atoms with Crippen molar-refractivity contribution in [3.63, 3.8) is 0 Å². The van der Waals surface area contributed by atoms with E-state index in [1.165, 1.54) is 25.9 Å². The van der Waals surface area contributed by atoms with Gasteiger partial charge in [-0.2, -0.15) is 5.10 Å². The van der Waals surface area contributed by atoms with Gasteiger partial charge in [0.15, 0.2) is 11.4 Å². The van der Waals surface area contributed by atoms with Crippen LogP contribution in [0.2, 0.25) is 0 Å². The van der Waals surface area contributed by atoms with E-state index < -0.39 is 5.60 Å². The van der Waals surface area contributed by atoms with E-state index >= 15 is 0 Å². The van der Waals surface area contributed by atoms with Gasteiger partial charge in [0.2, 0.25) is 0 Å². The average Bonchev–Trinajstić information content (AvgIpc) is 3.40. The monoisotopic (exact) mass is 356 g/mol. The number of nitrogens with one attached hydrogen (secondary N) is 1. The molecule has 0 saturated carbocycles. The third-order valence-electron chi connectivity index (χ3n) is 5.48. The molecule has 0 amide bonds. The minimum Gasteiger partial charge on any atom is -0.494 e. The highest BCUT2D eigenvalue weighted by Crippen LogP contribution is 2.39. The van der Waals surface area contributed by atoms with Crippen LogP contribution >= 0.6 is 0 Å². The summed E-state index contributed by atoms with van der Waals surface area (Å²) in [5, 5.41) is 7.03. The number of hydrogen-bond acceptors (Lipinski definition) is 5. The zero-order chi connectivity index (χ0) is 17.7. The molecule has 2 aliphatic rings. The van der Waals surface area contributed by atoms with Gasteiger partial charge < -0.3 is 14.4 Å². The van der Waals surface area contributed by atoms with Crippen LogP contribution in [0.4, 0.5) is 0 Å². The molecule has 6 heteroatoms. The molecule has 6 nitrogen and oxygen atoms in total. The summed E-state index contributed by atoms with van der Waals surface area (Å²) in [6.45, 7) is 5.15. The molecule has 1 atom stereocenters. The molecule has 0 bridgehead atoms. The van der Waals surface area contributed by atoms with Crippen molar-refractivity contribution < 1.29 is 9.47 Å². The van der Waals surface area contributed by atoms with E-state index in [0.29, 0.717) is 0 Å². The van der Waals surface area contributed by atoms with Crippen LogP contribution in [0, 0.1) is 0 Å². The van der Waals surface area contributed by atoms with Crippen molar-refractivity contribution >= 4 is 0 Å². The van der Waals surface area contributed by atoms with Gasteiger partial charge in [0.1, 0.15) is 12.1 Å². The van der Waals surface area contributed by atoms with Gasteiger partial charge in [0.25, 0.3) is 0 Å². The Kier molecular flexibility index (Phi) is 5.51. The molecule has 2 aromatic rings. The van der Waals surface area contributed by atoms with E-state index in [-0.39, 0.29) is 0 Å². The maximum Gasteiger partial charge on any atom is 0.161 e. The number of H-pyrrole nitrogens is 1. The van der Waals surface area contributed by atoms with E-state index in [9.17, 15) is 0 Å². The molecule has 1 aromatic heterocycles. The van der Waals surface area contributed by atoms with Crippen LogP contribution < -0.4 is 4.74 Å². The normalized spacial score (nSPS) is 24.0. The molecule has 2 saturated heterocycles. The lowest BCUT2D eigenvalue weighted by molar-refractivity contribution is -0.0589. The van der Waals surface area contributed by atoms with Crippen LogP contribution in [0.15, 0.2) is 30.6 Å². The van der Waals surface area contributed by atoms with Crippen LogP contribution in [-0.4, -0.2) is 52.9 Å². The Morgan fingerprint density at radius 2 is 1.96 bits per heavy atom. The second-order valence-corrected chi connectivity index (χ2v) is 7.24. The summed E-state index contributed by atoms with van der Waals surface area (Å²) in [5.41, 5.74) is 0.599. The number of rotatable bonds is 7. The summed E-state index contributed by atoms with van der Waals surface area (Å²) in [4.78, 5) is 6.90. The molecule has 2 fully saturated rings. The van der Waals surface area contributed by atoms with Crippen LogP contribution in [0.25, 0.3) is 0 Å². The lowest BCUT2D eigenvalue weighted by Gasteiger charge is -2.35. The molecule has 0 radical (unpaired) electrons. The van der Waals surface area contributed by atoms with Gasteiger partial charge >= 0.3 is 0 Å². The first-order valence-corrected chi connectivity index (χ1v) is 9.82. The number of benzene rings is 1. The van der Waals surface area contributed by atoms with Gasteiger partial charge in [-0.1, -0.05) is 12.1 Å². The number of aromatic amines is 1. The fourth-order valence-corrected chi connectivity index (χ4v) is 4.05. The SMILES string of the molecule is c1n[nH]c(C2(c3ccc(OCCCN4CCCC4)cc3)CCCCO2)n1. The first-order chi connectivity index (χ1) is 12.9. The largest absolute Gasteiger partial charge is 0.494 e. The number of aromatic nitrogens is 3. The molecule has 1 N–H and O–H groups in total. The van der Waals surface area contributed by atoms with Crippen LogP contribution in [0.1, 0.15) is 49.9 Å². The summed E-state index contributed by atoms with van der Waals surface area (Å²) < 4.78 is 12.1. The minimum atomic E-state index is -0.511. The number of nitrogens with zero attached hydrogens (tertiary/aromatic N) is 3. The van der Waals surface area contributed by atoms with E-state index in [4.69, 9.17) is 9.47 Å². The van der Waals surface area contributed by atoms with Gasteiger partial charge in [0.05, 0.1) is 6.61 Å². The van der Waals surface area contributed by atoms with E-state index in [0.717, 1.165) is 62.6 Å². The summed E-state index contributed by atoms with van der Waals surface area (Å²) in [6, 6.07) is 8.29. The van der Waals surface area contributed by atoms with Crippen molar-refractivity contribution in [2.24, 2.45) is 0 Å². The van der Waals surface area contributed by atoms with Gasteiger partial charge in [0, 0.05) is 13.2 Å². The average molecular weight is 356 g/mol. The highest BCUT2D eigenvalue weighted by atomic mass is 16.5. The van der Waals surface area contributed by atoms with Gasteiger partial charge in [-0.15, -0.1) is 0 Å². The third-order valence-corrected chi connectivity index (χ3v) is 5.48. The maximum absolute atomic E-state index is 6.21. The molecule has 2 aliphatic heterocycles. The molecule has 1 unspecified atom stereocenters. The van der Waals surface area contributed by atoms with Crippen molar-refractivity contribution in [1.82, 2.24) is 20.1 Å². The second-order valence-electron chi connectivity index (χ2n) is 7.24. The zero-order valence-corrected chi connectivity index (χ0v) is 15.3. The Labute approximate surface area is 154 Å². The Bertz CT molecular complexity index is 660. The van der Waals surface area contributed by atoms with E-state index in [1.807, 2.05) is 12.1 Å². The lowest BCUT2D eigenvalue weighted by atomic mass is 9.85. The number of likely N-dealkylation sites (tertiary alicyclic amines) is 1. The number of hydrogen-bond donors (Lipinski definition) is 1. The van der Waals surface area contributed by atoms with Gasteiger partial charge in [-0.05, 0) is 69.3 Å². The number of ether oxygens (including phenoxy) is 2. The smallest absolute Gasteiger partial charge is 0.161 e. The minimum absolute atomic E-state index is 0.511. The Morgan fingerprint density at radius 1 is 1.12 bits per heavy atom. The molecule has 0 aliphatic carbocycles. The second kappa shape index (κ2) is 8.18. The summed E-state index contributed by atoms with van der Waals surface area (Å²) in [7, 11) is 0. The Balaban J connectivity index is 1.38. The molecule has 26 heavy (non-hydrogen) atoms. The molecule has 1 aromatic carbocycles. The predicted octanol–water partition coefficient (Wildman–Crippen LogP) is 3.11. The topological polar surface area (TPSA) is 63.3 Å². The first-order valence-electron chi connectivity index (χ1n) is 9.82. The third kappa shape index (κ3) is 3.76. The van der Waals surface area contributed by atoms with Crippen molar-refractivity contribution in [2.75, 3.05) is 32.8 Å². The zero-order valence-electron chi connectivity index (χ0n) is 15.3. The quantitative estimate of drug-likeness (QED) is 0.772. The highest BCUT2D eigenvalue weighted by Gasteiger charge is 2.39. The molecule has 140 valence electrons. The lowest BCUT2D eigenvalue weighted by Crippen LogP contribution is -2.36. The van der Waals surface area contributed by atoms with Crippen molar-refractivity contribution in [2.45, 2.75) is 44.1 Å². The molecule has 4 rings (SSSR count). The summed E-state index contributed by atoms with van der Waals surface area (Å²) in [5.74, 6) is 1.70. The van der Waals surface area contributed by atoms with E-state index in [1.54, 1.807) is 6.33 Å². The van der Waals surface area contributed by atoms with E-state index in [2.05, 4.69) is 32.2 Å². The Morgan fingerprint density at radius 3 is 2.65 bits per heavy atom. The maximum atomic E-state index is 6.21. The van der Waals surface area contributed by atoms with Crippen molar-refractivity contribution in [3.8, 4) is 5.75 Å². The standard InChI is InChI=1S/C20H28N4O2/c1-4-15-26-20(10-1,19-21-16-22-23-19)17-6-8-18(9-7-17)25-14-5-13-24-11-2-3-12-24/h6-9,16H,1-5,10-15H2,(H,21,22,23). The summed E-state index contributed by atoms with van der Waals surface area (Å²) >= 11 is 0. The fourth-order valence-electron chi connectivity index (χ4n) is 4.05. The predicted molar refractivity (Wildman–Crippen MR) is 99.2 cm³/mol. The molecule has 0 spiro atoms. The fraction of sp³-hybridized carbons (Fsp3) is 0.600. The highest BCUT2D eigenvalue weighted by molar-refractivity contribution is 5.35. The van der Waals surface area contributed by atoms with Crippen LogP contribution in [0.3, 0.4) is 0 Å². The molecular formula is C20H28N4O2.